The summed E-state index contributed by atoms with van der Waals surface area (Å²) < 4.78 is 30.5. The molecule has 3 aromatic rings. The average Bonchev–Trinajstić information content (AvgIpc) is 2.79. The summed E-state index contributed by atoms with van der Waals surface area (Å²) in [6, 6.07) is 15.1. The number of sulfone groups is 1. The maximum atomic E-state index is 11.7. The number of ether oxygens (including phenoxy) is 1. The van der Waals surface area contributed by atoms with Gasteiger partial charge in [-0.15, -0.1) is 0 Å². The van der Waals surface area contributed by atoms with Crippen molar-refractivity contribution in [2.24, 2.45) is 5.92 Å². The van der Waals surface area contributed by atoms with Crippen molar-refractivity contribution >= 4 is 40.8 Å². The molecule has 6 nitrogen and oxygen atoms in total. The van der Waals surface area contributed by atoms with Gasteiger partial charge in [0, 0.05) is 0 Å². The Morgan fingerprint density at radius 1 is 1.10 bits per heavy atom. The van der Waals surface area contributed by atoms with Crippen LogP contribution >= 0.6 is 0 Å². The molecule has 1 fully saturated rings. The monoisotopic (exact) mass is 497 g/mol. The summed E-state index contributed by atoms with van der Waals surface area (Å²) in [5.74, 6) is 0.635. The fourth-order valence-electron chi connectivity index (χ4n) is 3.97. The van der Waals surface area contributed by atoms with Gasteiger partial charge in [0.2, 0.25) is 0 Å². The van der Waals surface area contributed by atoms with Crippen LogP contribution in [0.4, 0.5) is 0 Å². The summed E-state index contributed by atoms with van der Waals surface area (Å²) in [4.78, 5) is 0.297. The molecule has 0 bridgehead atoms. The molecular formula is C23H24AsN3O3S. The molecule has 2 aromatic carbocycles. The van der Waals surface area contributed by atoms with Crippen molar-refractivity contribution in [3.8, 4) is 17.2 Å². The Morgan fingerprint density at radius 3 is 2.42 bits per heavy atom. The van der Waals surface area contributed by atoms with Crippen LogP contribution in [0.1, 0.15) is 25.5 Å². The molecule has 1 aromatic heterocycles. The number of nitriles is 1. The van der Waals surface area contributed by atoms with E-state index in [1.807, 2.05) is 18.2 Å². The molecule has 0 saturated carbocycles. The normalized spacial score (nSPS) is 16.5. The fraction of sp³-hybridized carbons (Fsp3) is 0.348. The summed E-state index contributed by atoms with van der Waals surface area (Å²) in [5, 5.41) is 19.2. The van der Waals surface area contributed by atoms with Crippen molar-refractivity contribution in [1.29, 1.82) is 5.26 Å². The minimum atomic E-state index is -3.23. The Bertz CT molecular complexity index is 1250. The number of aromatic nitrogens is 2. The van der Waals surface area contributed by atoms with Gasteiger partial charge in [-0.1, -0.05) is 0 Å². The number of fused-ring (bicyclic) bond motifs is 1. The number of hydrogen-bond donors (Lipinski definition) is 0. The summed E-state index contributed by atoms with van der Waals surface area (Å²) in [5.41, 5.74) is 3.06. The van der Waals surface area contributed by atoms with Gasteiger partial charge in [0.15, 0.2) is 0 Å². The van der Waals surface area contributed by atoms with E-state index in [4.69, 9.17) is 4.74 Å². The molecule has 0 N–H and O–H groups in total. The molecule has 1 aliphatic heterocycles. The van der Waals surface area contributed by atoms with Crippen LogP contribution in [0.2, 0.25) is 4.71 Å². The molecule has 0 radical (unpaired) electrons. The van der Waals surface area contributed by atoms with Crippen LogP contribution in [0.15, 0.2) is 47.4 Å². The third kappa shape index (κ3) is 4.82. The van der Waals surface area contributed by atoms with Crippen molar-refractivity contribution in [3.05, 3.63) is 48.2 Å². The van der Waals surface area contributed by atoms with Crippen molar-refractivity contribution < 1.29 is 13.2 Å². The van der Waals surface area contributed by atoms with Crippen molar-refractivity contribution in [2.75, 3.05) is 19.5 Å². The van der Waals surface area contributed by atoms with Gasteiger partial charge < -0.3 is 0 Å². The van der Waals surface area contributed by atoms with E-state index in [0.717, 1.165) is 52.4 Å². The number of hydrogen-bond acceptors (Lipinski definition) is 6. The molecule has 2 heterocycles. The van der Waals surface area contributed by atoms with E-state index in [-0.39, 0.29) is 0 Å². The van der Waals surface area contributed by atoms with Crippen LogP contribution in [0.5, 0.6) is 0 Å². The second kappa shape index (κ2) is 9.08. The molecular weight excluding hydrogens is 473 g/mol. The average molecular weight is 497 g/mol. The Labute approximate surface area is 189 Å². The standard InChI is InChI=1S/C23H24AsN3O3S/c1-15(16-9-11-30-12-10-16)24-23-20-8-5-18(13-21(20)26-27-22(23)14-25)17-3-6-19(7-4-17)31(2,28)29/h3-8,13,15-16,24H,9-12H2,1-2H3/t15-/m1/s1. The zero-order chi connectivity index (χ0) is 22.0. The topological polar surface area (TPSA) is 92.9 Å². The summed E-state index contributed by atoms with van der Waals surface area (Å²) >= 11 is -0.585. The predicted molar refractivity (Wildman–Crippen MR) is 123 cm³/mol. The molecule has 4 rings (SSSR count). The third-order valence-corrected chi connectivity index (χ3v) is 10.6. The number of benzene rings is 2. The van der Waals surface area contributed by atoms with Crippen molar-refractivity contribution in [2.45, 2.75) is 29.4 Å². The first-order valence-electron chi connectivity index (χ1n) is 10.2. The van der Waals surface area contributed by atoms with E-state index in [2.05, 4.69) is 23.2 Å². The van der Waals surface area contributed by atoms with E-state index >= 15 is 0 Å². The summed E-state index contributed by atoms with van der Waals surface area (Å²) in [6.45, 7) is 3.94. The molecule has 1 aliphatic rings. The van der Waals surface area contributed by atoms with Crippen LogP contribution < -0.4 is 4.35 Å². The summed E-state index contributed by atoms with van der Waals surface area (Å²) in [7, 11) is -3.23. The first-order chi connectivity index (χ1) is 14.9. The first-order valence-corrected chi connectivity index (χ1v) is 14.4. The molecule has 31 heavy (non-hydrogen) atoms. The SMILES string of the molecule is C[C@@H]([AsH]c1c(C#N)nnc2cc(-c3ccc(S(C)(=O)=O)cc3)ccc12)C1CCOCC1. The third-order valence-electron chi connectivity index (χ3n) is 5.83. The van der Waals surface area contributed by atoms with Crippen LogP contribution in [0.25, 0.3) is 22.0 Å². The zero-order valence-electron chi connectivity index (χ0n) is 17.5. The molecule has 160 valence electrons. The molecule has 8 heteroatoms. The van der Waals surface area contributed by atoms with E-state index in [1.165, 1.54) is 6.26 Å². The summed E-state index contributed by atoms with van der Waals surface area (Å²) in [6.07, 6.45) is 3.36. The quantitative estimate of drug-likeness (QED) is 0.504. The van der Waals surface area contributed by atoms with Gasteiger partial charge in [0.05, 0.1) is 0 Å². The van der Waals surface area contributed by atoms with Gasteiger partial charge >= 0.3 is 190 Å². The van der Waals surface area contributed by atoms with Gasteiger partial charge in [-0.2, -0.15) is 0 Å². The van der Waals surface area contributed by atoms with Crippen molar-refractivity contribution in [1.82, 2.24) is 10.2 Å². The molecule has 1 saturated heterocycles. The van der Waals surface area contributed by atoms with Crippen LogP contribution in [0.3, 0.4) is 0 Å². The maximum absolute atomic E-state index is 11.7. The second-order valence-corrected chi connectivity index (χ2v) is 13.5. The van der Waals surface area contributed by atoms with Crippen LogP contribution in [-0.4, -0.2) is 53.8 Å². The molecule has 0 spiro atoms. The van der Waals surface area contributed by atoms with Gasteiger partial charge in [-0.3, -0.25) is 0 Å². The molecule has 1 unspecified atom stereocenters. The Morgan fingerprint density at radius 2 is 1.77 bits per heavy atom. The Kier molecular flexibility index (Phi) is 6.43. The predicted octanol–water partition coefficient (Wildman–Crippen LogP) is 2.87. The number of rotatable bonds is 5. The molecule has 0 aliphatic carbocycles. The second-order valence-electron chi connectivity index (χ2n) is 7.95. The minimum absolute atomic E-state index is 0.297. The molecule has 0 amide bonds. The Hall–Kier alpha value is -2.26. The van der Waals surface area contributed by atoms with Gasteiger partial charge in [-0.05, 0) is 0 Å². The Balaban J connectivity index is 1.68. The molecule has 2 atom stereocenters. The van der Waals surface area contributed by atoms with Crippen LogP contribution in [-0.2, 0) is 14.6 Å². The zero-order valence-corrected chi connectivity index (χ0v) is 20.4. The van der Waals surface area contributed by atoms with Crippen LogP contribution in [0, 0.1) is 17.2 Å². The number of nitrogens with zero attached hydrogens (tertiary/aromatic N) is 3. The van der Waals surface area contributed by atoms with Gasteiger partial charge in [0.25, 0.3) is 0 Å². The first kappa shape index (κ1) is 22.0. The van der Waals surface area contributed by atoms with E-state index in [1.54, 1.807) is 24.3 Å². The van der Waals surface area contributed by atoms with E-state index < -0.39 is 25.6 Å². The fourth-order valence-corrected chi connectivity index (χ4v) is 8.03. The van der Waals surface area contributed by atoms with Gasteiger partial charge in [0.1, 0.15) is 0 Å². The van der Waals surface area contributed by atoms with E-state index in [0.29, 0.717) is 21.2 Å². The van der Waals surface area contributed by atoms with Gasteiger partial charge in [-0.25, -0.2) is 0 Å². The van der Waals surface area contributed by atoms with Crippen molar-refractivity contribution in [3.63, 3.8) is 0 Å². The van der Waals surface area contributed by atoms with E-state index in [9.17, 15) is 13.7 Å².